The van der Waals surface area contributed by atoms with Gasteiger partial charge in [0, 0.05) is 22.0 Å². The summed E-state index contributed by atoms with van der Waals surface area (Å²) in [6.45, 7) is 7.58. The van der Waals surface area contributed by atoms with Crippen LogP contribution >= 0.6 is 47.0 Å². The second-order valence-corrected chi connectivity index (χ2v) is 12.9. The fraction of sp³-hybridized carbons (Fsp3) is 0.545. The third kappa shape index (κ3) is 7.77. The fourth-order valence-corrected chi connectivity index (χ4v) is 9.22. The summed E-state index contributed by atoms with van der Waals surface area (Å²) in [5.41, 5.74) is 0. The molecule has 0 N–H and O–H groups in total. The lowest BCUT2D eigenvalue weighted by atomic mass is 9.80. The van der Waals surface area contributed by atoms with E-state index in [0.717, 1.165) is 21.6 Å². The van der Waals surface area contributed by atoms with Crippen LogP contribution in [0.5, 0.6) is 0 Å². The number of rotatable bonds is 10. The van der Waals surface area contributed by atoms with Gasteiger partial charge in [0.05, 0.1) is 9.16 Å². The molecular weight excluding hydrogens is 457 g/mol. The molecule has 0 radical (unpaired) electrons. The number of carbonyl (C=O) groups excluding carboxylic acids is 2. The van der Waals surface area contributed by atoms with Crippen LogP contribution in [0.3, 0.4) is 0 Å². The van der Waals surface area contributed by atoms with Crippen molar-refractivity contribution < 1.29 is 19.1 Å². The van der Waals surface area contributed by atoms with Gasteiger partial charge in [-0.2, -0.15) is 0 Å². The standard InChI is InChI=1S/C22H28O4S4/c1-3-19(23)25-11-17-13-27-21(29-17)9-15-5-7-16(8-6-15)10-22-28-14-18(30-22)12-26-20(24)4-2/h3-4,13-16,21-22H,1-2,5-12H2. The number of thioether (sulfide) groups is 4. The van der Waals surface area contributed by atoms with E-state index in [1.165, 1.54) is 50.7 Å². The Morgan fingerprint density at radius 2 is 1.23 bits per heavy atom. The zero-order valence-corrected chi connectivity index (χ0v) is 20.2. The van der Waals surface area contributed by atoms with E-state index in [1.807, 2.05) is 47.0 Å². The molecule has 1 fully saturated rings. The Kier molecular flexibility index (Phi) is 9.87. The summed E-state index contributed by atoms with van der Waals surface area (Å²) in [6.07, 6.45) is 10.1. The highest BCUT2D eigenvalue weighted by Crippen LogP contribution is 2.48. The van der Waals surface area contributed by atoms with Gasteiger partial charge in [0.25, 0.3) is 0 Å². The number of carbonyl (C=O) groups is 2. The lowest BCUT2D eigenvalue weighted by Crippen LogP contribution is -2.18. The monoisotopic (exact) mass is 484 g/mol. The van der Waals surface area contributed by atoms with E-state index in [2.05, 4.69) is 24.0 Å². The molecule has 2 unspecified atom stereocenters. The summed E-state index contributed by atoms with van der Waals surface area (Å²) in [5, 5.41) is 4.28. The lowest BCUT2D eigenvalue weighted by Gasteiger charge is -2.30. The van der Waals surface area contributed by atoms with Gasteiger partial charge in [0.15, 0.2) is 0 Å². The van der Waals surface area contributed by atoms with Crippen molar-refractivity contribution >= 4 is 59.0 Å². The third-order valence-electron chi connectivity index (χ3n) is 5.33. The van der Waals surface area contributed by atoms with E-state index in [9.17, 15) is 9.59 Å². The molecule has 2 heterocycles. The minimum atomic E-state index is -0.359. The Morgan fingerprint density at radius 3 is 1.60 bits per heavy atom. The third-order valence-corrected chi connectivity index (χ3v) is 10.7. The van der Waals surface area contributed by atoms with Gasteiger partial charge in [0.2, 0.25) is 0 Å². The van der Waals surface area contributed by atoms with Crippen LogP contribution in [0.2, 0.25) is 0 Å². The van der Waals surface area contributed by atoms with Crippen LogP contribution in [0, 0.1) is 11.8 Å². The van der Waals surface area contributed by atoms with Gasteiger partial charge in [-0.3, -0.25) is 0 Å². The van der Waals surface area contributed by atoms with E-state index in [4.69, 9.17) is 9.47 Å². The highest BCUT2D eigenvalue weighted by molar-refractivity contribution is 8.23. The normalized spacial score (nSPS) is 28.4. The molecule has 30 heavy (non-hydrogen) atoms. The maximum absolute atomic E-state index is 11.2. The van der Waals surface area contributed by atoms with E-state index in [-0.39, 0.29) is 11.9 Å². The Bertz CT molecular complexity index is 650. The fourth-order valence-electron chi connectivity index (χ4n) is 3.75. The van der Waals surface area contributed by atoms with Crippen LogP contribution in [0.4, 0.5) is 0 Å². The van der Waals surface area contributed by atoms with Gasteiger partial charge < -0.3 is 9.47 Å². The highest BCUT2D eigenvalue weighted by Gasteiger charge is 2.29. The van der Waals surface area contributed by atoms with Crippen LogP contribution in [0.1, 0.15) is 38.5 Å². The molecular formula is C22H28O4S4. The average molecular weight is 485 g/mol. The van der Waals surface area contributed by atoms with Crippen LogP contribution < -0.4 is 0 Å². The summed E-state index contributed by atoms with van der Waals surface area (Å²) in [7, 11) is 0. The molecule has 0 aromatic rings. The minimum Gasteiger partial charge on any atom is -0.457 e. The van der Waals surface area contributed by atoms with Crippen LogP contribution in [-0.4, -0.2) is 34.3 Å². The summed E-state index contributed by atoms with van der Waals surface area (Å²) in [4.78, 5) is 24.7. The molecule has 1 aliphatic carbocycles. The summed E-state index contributed by atoms with van der Waals surface area (Å²) in [6, 6.07) is 0. The van der Waals surface area contributed by atoms with Crippen molar-refractivity contribution in [2.24, 2.45) is 11.8 Å². The van der Waals surface area contributed by atoms with Crippen molar-refractivity contribution in [1.29, 1.82) is 0 Å². The summed E-state index contributed by atoms with van der Waals surface area (Å²) in [5.74, 6) is 0.875. The second-order valence-electron chi connectivity index (χ2n) is 7.52. The first-order valence-corrected chi connectivity index (χ1v) is 13.8. The summed E-state index contributed by atoms with van der Waals surface area (Å²) >= 11 is 7.43. The van der Waals surface area contributed by atoms with Crippen LogP contribution in [0.15, 0.2) is 45.9 Å². The maximum Gasteiger partial charge on any atom is 0.330 e. The van der Waals surface area contributed by atoms with E-state index in [0.29, 0.717) is 22.4 Å². The quantitative estimate of drug-likeness (QED) is 0.263. The topological polar surface area (TPSA) is 52.6 Å². The molecule has 0 amide bonds. The molecule has 0 spiro atoms. The SMILES string of the molecule is C=CC(=O)OCC1=CSC(CC2CCC(CC3SC=C(COC(=O)C=C)S3)CC2)S1. The minimum absolute atomic E-state index is 0.359. The van der Waals surface area contributed by atoms with Gasteiger partial charge in [-0.05, 0) is 35.5 Å². The smallest absolute Gasteiger partial charge is 0.330 e. The molecule has 0 aromatic heterocycles. The molecule has 164 valence electrons. The van der Waals surface area contributed by atoms with Crippen molar-refractivity contribution in [2.75, 3.05) is 13.2 Å². The molecule has 2 aliphatic heterocycles. The number of esters is 2. The molecule has 8 heteroatoms. The second kappa shape index (κ2) is 12.4. The van der Waals surface area contributed by atoms with E-state index >= 15 is 0 Å². The van der Waals surface area contributed by atoms with E-state index in [1.54, 1.807) is 0 Å². The van der Waals surface area contributed by atoms with Gasteiger partial charge >= 0.3 is 11.9 Å². The molecule has 0 bridgehead atoms. The predicted octanol–water partition coefficient (Wildman–Crippen LogP) is 6.33. The number of hydrogen-bond donors (Lipinski definition) is 0. The predicted molar refractivity (Wildman–Crippen MR) is 131 cm³/mol. The van der Waals surface area contributed by atoms with Gasteiger partial charge in [0.1, 0.15) is 13.2 Å². The van der Waals surface area contributed by atoms with Crippen molar-refractivity contribution in [3.8, 4) is 0 Å². The molecule has 1 saturated carbocycles. The Morgan fingerprint density at radius 1 is 0.833 bits per heavy atom. The number of hydrogen-bond acceptors (Lipinski definition) is 8. The van der Waals surface area contributed by atoms with Crippen molar-refractivity contribution in [3.05, 3.63) is 45.9 Å². The molecule has 4 nitrogen and oxygen atoms in total. The van der Waals surface area contributed by atoms with Crippen LogP contribution in [0.25, 0.3) is 0 Å². The Hall–Kier alpha value is -0.700. The first-order valence-electron chi connectivity index (χ1n) is 10.2. The van der Waals surface area contributed by atoms with Crippen molar-refractivity contribution in [1.82, 2.24) is 0 Å². The number of ether oxygens (including phenoxy) is 2. The molecule has 3 rings (SSSR count). The van der Waals surface area contributed by atoms with Crippen molar-refractivity contribution in [3.63, 3.8) is 0 Å². The largest absolute Gasteiger partial charge is 0.457 e. The summed E-state index contributed by atoms with van der Waals surface area (Å²) < 4.78 is 11.4. The van der Waals surface area contributed by atoms with Crippen molar-refractivity contribution in [2.45, 2.75) is 47.7 Å². The zero-order chi connectivity index (χ0) is 21.3. The zero-order valence-electron chi connectivity index (χ0n) is 17.0. The lowest BCUT2D eigenvalue weighted by molar-refractivity contribution is -0.137. The Labute approximate surface area is 196 Å². The molecule has 3 aliphatic rings. The maximum atomic E-state index is 11.2. The molecule has 0 saturated heterocycles. The van der Waals surface area contributed by atoms with Gasteiger partial charge in [-0.25, -0.2) is 9.59 Å². The Balaban J connectivity index is 1.28. The first-order chi connectivity index (χ1) is 14.6. The van der Waals surface area contributed by atoms with E-state index < -0.39 is 0 Å². The van der Waals surface area contributed by atoms with Gasteiger partial charge in [-0.15, -0.1) is 47.0 Å². The van der Waals surface area contributed by atoms with Crippen LogP contribution in [-0.2, 0) is 19.1 Å². The van der Waals surface area contributed by atoms with Gasteiger partial charge in [-0.1, -0.05) is 38.8 Å². The first kappa shape index (κ1) is 24.0. The average Bonchev–Trinajstić information content (AvgIpc) is 3.40. The molecule has 2 atom stereocenters. The molecule has 0 aromatic carbocycles. The highest BCUT2D eigenvalue weighted by atomic mass is 32.2.